The number of hydrogen-bond donors (Lipinski definition) is 2. The number of fused-ring (bicyclic) bond motifs is 5. The van der Waals surface area contributed by atoms with E-state index in [1.165, 1.54) is 34.7 Å². The third-order valence-electron chi connectivity index (χ3n) is 5.15. The number of hydrogen-bond acceptors (Lipinski definition) is 2. The lowest BCUT2D eigenvalue weighted by Gasteiger charge is -2.21. The van der Waals surface area contributed by atoms with Crippen molar-refractivity contribution in [3.63, 3.8) is 0 Å². The summed E-state index contributed by atoms with van der Waals surface area (Å²) in [6, 6.07) is 13.9. The Balaban J connectivity index is 1.89. The quantitative estimate of drug-likeness (QED) is 0.521. The Labute approximate surface area is 140 Å². The predicted molar refractivity (Wildman–Crippen MR) is 97.3 cm³/mol. The highest BCUT2D eigenvalue weighted by Gasteiger charge is 2.20. The highest BCUT2D eigenvalue weighted by atomic mass is 16.3. The van der Waals surface area contributed by atoms with E-state index in [4.69, 9.17) is 4.98 Å². The number of phenolic OH excluding ortho intramolecular Hbond substituents is 1. The lowest BCUT2D eigenvalue weighted by atomic mass is 9.86. The van der Waals surface area contributed by atoms with Gasteiger partial charge in [0.25, 0.3) is 0 Å². The molecule has 3 nitrogen and oxygen atoms in total. The Bertz CT molecular complexity index is 1060. The first-order valence-electron chi connectivity index (χ1n) is 8.52. The summed E-state index contributed by atoms with van der Waals surface area (Å²) in [7, 11) is 0. The van der Waals surface area contributed by atoms with Crippen molar-refractivity contribution in [3.8, 4) is 17.0 Å². The molecular formula is C21H18N2O. The van der Waals surface area contributed by atoms with Crippen molar-refractivity contribution in [2.75, 3.05) is 0 Å². The minimum absolute atomic E-state index is 0.293. The number of nitrogens with one attached hydrogen (secondary N) is 1. The summed E-state index contributed by atoms with van der Waals surface area (Å²) in [6.07, 6.45) is 6.64. The van der Waals surface area contributed by atoms with Crippen molar-refractivity contribution in [1.82, 2.24) is 9.97 Å². The van der Waals surface area contributed by atoms with Gasteiger partial charge in [0.15, 0.2) is 0 Å². The second kappa shape index (κ2) is 5.10. The van der Waals surface area contributed by atoms with E-state index < -0.39 is 0 Å². The van der Waals surface area contributed by atoms with Gasteiger partial charge in [0, 0.05) is 28.0 Å². The molecule has 24 heavy (non-hydrogen) atoms. The zero-order valence-corrected chi connectivity index (χ0v) is 13.3. The number of aromatic amines is 1. The topological polar surface area (TPSA) is 48.9 Å². The zero-order valence-electron chi connectivity index (χ0n) is 13.3. The SMILES string of the molecule is Oc1ccc(-c2nc3c(ccc4[nH]ccc43)c3c2CCCC3)cc1. The molecular weight excluding hydrogens is 296 g/mol. The maximum atomic E-state index is 9.60. The van der Waals surface area contributed by atoms with Crippen molar-refractivity contribution in [3.05, 3.63) is 59.8 Å². The Morgan fingerprint density at radius 3 is 2.46 bits per heavy atom. The van der Waals surface area contributed by atoms with Crippen LogP contribution in [0.15, 0.2) is 48.7 Å². The van der Waals surface area contributed by atoms with Gasteiger partial charge >= 0.3 is 0 Å². The maximum Gasteiger partial charge on any atom is 0.115 e. The second-order valence-corrected chi connectivity index (χ2v) is 6.57. The van der Waals surface area contributed by atoms with Crippen LogP contribution in [0.25, 0.3) is 33.1 Å². The molecule has 2 aromatic carbocycles. The number of pyridine rings is 1. The summed E-state index contributed by atoms with van der Waals surface area (Å²) in [4.78, 5) is 8.37. The molecule has 0 amide bonds. The summed E-state index contributed by atoms with van der Waals surface area (Å²) < 4.78 is 0. The smallest absolute Gasteiger partial charge is 0.115 e. The van der Waals surface area contributed by atoms with E-state index in [2.05, 4.69) is 23.2 Å². The molecule has 1 aliphatic carbocycles. The van der Waals surface area contributed by atoms with Crippen molar-refractivity contribution < 1.29 is 5.11 Å². The number of H-pyrrole nitrogens is 1. The standard InChI is InChI=1S/C21H18N2O/c24-14-7-5-13(6-8-14)20-16-4-2-1-3-15(16)17-9-10-19-18(11-12-22-19)21(17)23-20/h5-12,22,24H,1-4H2. The molecule has 0 saturated carbocycles. The number of rotatable bonds is 1. The van der Waals surface area contributed by atoms with Crippen LogP contribution < -0.4 is 0 Å². The average Bonchev–Trinajstić information content (AvgIpc) is 3.11. The van der Waals surface area contributed by atoms with Crippen molar-refractivity contribution in [2.24, 2.45) is 0 Å². The molecule has 0 saturated heterocycles. The molecule has 2 N–H and O–H groups in total. The number of benzene rings is 2. The van der Waals surface area contributed by atoms with Crippen molar-refractivity contribution in [1.29, 1.82) is 0 Å². The number of phenols is 1. The highest BCUT2D eigenvalue weighted by molar-refractivity contribution is 6.06. The molecule has 2 aromatic heterocycles. The van der Waals surface area contributed by atoms with Crippen LogP contribution >= 0.6 is 0 Å². The van der Waals surface area contributed by atoms with Gasteiger partial charge in [-0.15, -0.1) is 0 Å². The van der Waals surface area contributed by atoms with E-state index in [0.717, 1.165) is 35.1 Å². The van der Waals surface area contributed by atoms with Crippen LogP contribution in [0.4, 0.5) is 0 Å². The van der Waals surface area contributed by atoms with E-state index in [-0.39, 0.29) is 0 Å². The van der Waals surface area contributed by atoms with Crippen LogP contribution in [-0.2, 0) is 12.8 Å². The van der Waals surface area contributed by atoms with E-state index in [1.807, 2.05) is 18.3 Å². The molecule has 2 heterocycles. The highest BCUT2D eigenvalue weighted by Crippen LogP contribution is 2.37. The summed E-state index contributed by atoms with van der Waals surface area (Å²) >= 11 is 0. The van der Waals surface area contributed by atoms with Crippen LogP contribution in [0.5, 0.6) is 5.75 Å². The largest absolute Gasteiger partial charge is 0.508 e. The number of nitrogens with zero attached hydrogens (tertiary/aromatic N) is 1. The summed E-state index contributed by atoms with van der Waals surface area (Å²) in [6.45, 7) is 0. The monoisotopic (exact) mass is 314 g/mol. The molecule has 0 atom stereocenters. The molecule has 4 aromatic rings. The number of aromatic hydroxyl groups is 1. The average molecular weight is 314 g/mol. The molecule has 0 radical (unpaired) electrons. The molecule has 0 fully saturated rings. The van der Waals surface area contributed by atoms with Crippen molar-refractivity contribution in [2.45, 2.75) is 25.7 Å². The van der Waals surface area contributed by atoms with Crippen LogP contribution in [0.2, 0.25) is 0 Å². The van der Waals surface area contributed by atoms with Gasteiger partial charge in [0.1, 0.15) is 5.75 Å². The normalized spacial score (nSPS) is 14.2. The Morgan fingerprint density at radius 1 is 0.833 bits per heavy atom. The molecule has 0 aliphatic heterocycles. The first-order chi connectivity index (χ1) is 11.8. The minimum atomic E-state index is 0.293. The second-order valence-electron chi connectivity index (χ2n) is 6.57. The third kappa shape index (κ3) is 1.94. The van der Waals surface area contributed by atoms with E-state index in [0.29, 0.717) is 5.75 Å². The van der Waals surface area contributed by atoms with Crippen LogP contribution in [0.1, 0.15) is 24.0 Å². The molecule has 1 aliphatic rings. The summed E-state index contributed by atoms with van der Waals surface area (Å²) in [5.41, 5.74) is 7.21. The van der Waals surface area contributed by atoms with Gasteiger partial charge < -0.3 is 10.1 Å². The van der Waals surface area contributed by atoms with Gasteiger partial charge in [-0.25, -0.2) is 4.98 Å². The zero-order chi connectivity index (χ0) is 16.1. The molecule has 3 heteroatoms. The summed E-state index contributed by atoms with van der Waals surface area (Å²) in [5.74, 6) is 0.293. The van der Waals surface area contributed by atoms with Gasteiger partial charge in [-0.1, -0.05) is 6.07 Å². The Morgan fingerprint density at radius 2 is 1.62 bits per heavy atom. The molecule has 0 bridgehead atoms. The van der Waals surface area contributed by atoms with E-state index >= 15 is 0 Å². The molecule has 5 rings (SSSR count). The van der Waals surface area contributed by atoms with Gasteiger partial charge in [0.05, 0.1) is 11.2 Å². The fraction of sp³-hybridized carbons (Fsp3) is 0.190. The van der Waals surface area contributed by atoms with Gasteiger partial charge in [-0.05, 0) is 73.2 Å². The molecule has 0 unspecified atom stereocenters. The maximum absolute atomic E-state index is 9.60. The van der Waals surface area contributed by atoms with Crippen LogP contribution in [0, 0.1) is 0 Å². The lowest BCUT2D eigenvalue weighted by molar-refractivity contribution is 0.475. The molecule has 0 spiro atoms. The van der Waals surface area contributed by atoms with Crippen LogP contribution in [-0.4, -0.2) is 15.1 Å². The van der Waals surface area contributed by atoms with Gasteiger partial charge in [-0.2, -0.15) is 0 Å². The van der Waals surface area contributed by atoms with E-state index in [1.54, 1.807) is 12.1 Å². The third-order valence-corrected chi connectivity index (χ3v) is 5.15. The van der Waals surface area contributed by atoms with Gasteiger partial charge in [-0.3, -0.25) is 0 Å². The Kier molecular flexibility index (Phi) is 2.89. The summed E-state index contributed by atoms with van der Waals surface area (Å²) in [5, 5.41) is 12.1. The first-order valence-corrected chi connectivity index (χ1v) is 8.52. The molecule has 118 valence electrons. The number of aryl methyl sites for hydroxylation is 1. The van der Waals surface area contributed by atoms with Gasteiger partial charge in [0.2, 0.25) is 0 Å². The fourth-order valence-electron chi connectivity index (χ4n) is 3.98. The van der Waals surface area contributed by atoms with Crippen LogP contribution in [0.3, 0.4) is 0 Å². The number of aromatic nitrogens is 2. The fourth-order valence-corrected chi connectivity index (χ4v) is 3.98. The van der Waals surface area contributed by atoms with Crippen molar-refractivity contribution >= 4 is 21.8 Å². The minimum Gasteiger partial charge on any atom is -0.508 e. The Hall–Kier alpha value is -2.81. The predicted octanol–water partition coefficient (Wildman–Crippen LogP) is 4.97. The lowest BCUT2D eigenvalue weighted by Crippen LogP contribution is -2.07. The van der Waals surface area contributed by atoms with E-state index in [9.17, 15) is 5.11 Å². The first kappa shape index (κ1) is 13.6.